The maximum absolute atomic E-state index is 8.52. The molecule has 13 heavy (non-hydrogen) atoms. The number of benzene rings is 1. The first-order valence-corrected chi connectivity index (χ1v) is 4.09. The Labute approximate surface area is 81.6 Å². The van der Waals surface area contributed by atoms with Gasteiger partial charge in [0.05, 0.1) is 17.8 Å². The van der Waals surface area contributed by atoms with Gasteiger partial charge in [-0.25, -0.2) is 0 Å². The third kappa shape index (κ3) is 2.12. The van der Waals surface area contributed by atoms with E-state index in [-0.39, 0.29) is 0 Å². The summed E-state index contributed by atoms with van der Waals surface area (Å²) in [6.45, 7) is 1.69. The second-order valence-corrected chi connectivity index (χ2v) is 2.94. The molecule has 0 aromatic heterocycles. The van der Waals surface area contributed by atoms with Crippen LogP contribution in [0.4, 0.5) is 0 Å². The highest BCUT2D eigenvalue weighted by molar-refractivity contribution is 6.32. The Morgan fingerprint density at radius 3 is 2.69 bits per heavy atom. The average molecular weight is 200 g/mol. The molecule has 1 aromatic carbocycles. The molecule has 0 aliphatic heterocycles. The van der Waals surface area contributed by atoms with Crippen molar-refractivity contribution in [1.29, 1.82) is 0 Å². The van der Waals surface area contributed by atoms with Crippen molar-refractivity contribution in [2.45, 2.75) is 6.92 Å². The van der Waals surface area contributed by atoms with Gasteiger partial charge in [0.25, 0.3) is 0 Å². The summed E-state index contributed by atoms with van der Waals surface area (Å²) in [6.07, 6.45) is 0. The van der Waals surface area contributed by atoms with Crippen LogP contribution in [-0.4, -0.2) is 18.0 Å². The quantitative estimate of drug-likeness (QED) is 0.452. The van der Waals surface area contributed by atoms with Gasteiger partial charge in [0, 0.05) is 5.56 Å². The van der Waals surface area contributed by atoms with Gasteiger partial charge >= 0.3 is 0 Å². The molecule has 0 bridgehead atoms. The normalized spacial score (nSPS) is 11.5. The van der Waals surface area contributed by atoms with Crippen molar-refractivity contribution in [3.63, 3.8) is 0 Å². The van der Waals surface area contributed by atoms with Gasteiger partial charge in [0.2, 0.25) is 0 Å². The van der Waals surface area contributed by atoms with E-state index < -0.39 is 0 Å². The molecule has 0 atom stereocenters. The van der Waals surface area contributed by atoms with E-state index in [1.165, 1.54) is 0 Å². The molecule has 1 N–H and O–H groups in total. The van der Waals surface area contributed by atoms with Crippen LogP contribution in [0.25, 0.3) is 0 Å². The predicted molar refractivity (Wildman–Crippen MR) is 52.0 cm³/mol. The van der Waals surface area contributed by atoms with Crippen LogP contribution in [0.15, 0.2) is 23.4 Å². The van der Waals surface area contributed by atoms with Crippen molar-refractivity contribution < 1.29 is 9.94 Å². The molecular formula is C9H10ClNO2. The highest BCUT2D eigenvalue weighted by Gasteiger charge is 2.03. The molecule has 4 heteroatoms. The number of hydrogen-bond acceptors (Lipinski definition) is 3. The lowest BCUT2D eigenvalue weighted by molar-refractivity contribution is 0.319. The summed E-state index contributed by atoms with van der Waals surface area (Å²) >= 11 is 5.87. The molecule has 0 fully saturated rings. The number of oxime groups is 1. The van der Waals surface area contributed by atoms with Gasteiger partial charge in [0.15, 0.2) is 0 Å². The SMILES string of the molecule is COc1ccc(/C(C)=N\O)cc1Cl. The molecule has 3 nitrogen and oxygen atoms in total. The zero-order chi connectivity index (χ0) is 9.84. The monoisotopic (exact) mass is 199 g/mol. The maximum atomic E-state index is 8.52. The zero-order valence-electron chi connectivity index (χ0n) is 7.41. The zero-order valence-corrected chi connectivity index (χ0v) is 8.17. The first-order valence-electron chi connectivity index (χ1n) is 3.71. The van der Waals surface area contributed by atoms with Crippen LogP contribution in [0.2, 0.25) is 5.02 Å². The van der Waals surface area contributed by atoms with E-state index in [0.29, 0.717) is 16.5 Å². The van der Waals surface area contributed by atoms with Gasteiger partial charge in [-0.05, 0) is 25.1 Å². The van der Waals surface area contributed by atoms with E-state index >= 15 is 0 Å². The third-order valence-electron chi connectivity index (χ3n) is 1.72. The van der Waals surface area contributed by atoms with Crippen LogP contribution in [0, 0.1) is 0 Å². The Kier molecular flexibility index (Phi) is 3.14. The number of ether oxygens (including phenoxy) is 1. The van der Waals surface area contributed by atoms with Crippen LogP contribution in [0.1, 0.15) is 12.5 Å². The minimum Gasteiger partial charge on any atom is -0.495 e. The molecule has 1 rings (SSSR count). The number of methoxy groups -OCH3 is 1. The van der Waals surface area contributed by atoms with Crippen molar-refractivity contribution in [2.24, 2.45) is 5.16 Å². The van der Waals surface area contributed by atoms with E-state index in [0.717, 1.165) is 5.56 Å². The highest BCUT2D eigenvalue weighted by Crippen LogP contribution is 2.24. The van der Waals surface area contributed by atoms with E-state index in [1.807, 2.05) is 0 Å². The molecule has 0 unspecified atom stereocenters. The lowest BCUT2D eigenvalue weighted by Crippen LogP contribution is -1.94. The largest absolute Gasteiger partial charge is 0.495 e. The van der Waals surface area contributed by atoms with Crippen LogP contribution in [0.3, 0.4) is 0 Å². The van der Waals surface area contributed by atoms with E-state index in [1.54, 1.807) is 32.2 Å². The topological polar surface area (TPSA) is 41.8 Å². The minimum absolute atomic E-state index is 0.503. The molecule has 0 aliphatic carbocycles. The van der Waals surface area contributed by atoms with Crippen molar-refractivity contribution in [3.05, 3.63) is 28.8 Å². The summed E-state index contributed by atoms with van der Waals surface area (Å²) in [6, 6.07) is 5.20. The van der Waals surface area contributed by atoms with Crippen LogP contribution in [-0.2, 0) is 0 Å². The van der Waals surface area contributed by atoms with E-state index in [9.17, 15) is 0 Å². The lowest BCUT2D eigenvalue weighted by atomic mass is 10.1. The van der Waals surface area contributed by atoms with Crippen molar-refractivity contribution in [2.75, 3.05) is 7.11 Å². The molecule has 0 spiro atoms. The Bertz CT molecular complexity index is 336. The smallest absolute Gasteiger partial charge is 0.137 e. The summed E-state index contributed by atoms with van der Waals surface area (Å²) in [5.41, 5.74) is 1.29. The molecule has 0 amide bonds. The molecule has 0 saturated heterocycles. The van der Waals surface area contributed by atoms with Gasteiger partial charge in [-0.15, -0.1) is 0 Å². The van der Waals surface area contributed by atoms with Gasteiger partial charge in [-0.1, -0.05) is 16.8 Å². The Hall–Kier alpha value is -1.22. The van der Waals surface area contributed by atoms with Gasteiger partial charge in [0.1, 0.15) is 5.75 Å². The molecule has 0 radical (unpaired) electrons. The van der Waals surface area contributed by atoms with Crippen LogP contribution < -0.4 is 4.74 Å². The molecule has 0 saturated carbocycles. The fourth-order valence-corrected chi connectivity index (χ4v) is 1.21. The van der Waals surface area contributed by atoms with Gasteiger partial charge < -0.3 is 9.94 Å². The summed E-state index contributed by atoms with van der Waals surface area (Å²) in [7, 11) is 1.55. The summed E-state index contributed by atoms with van der Waals surface area (Å²) in [5, 5.41) is 12.1. The maximum Gasteiger partial charge on any atom is 0.137 e. The molecule has 0 heterocycles. The Balaban J connectivity index is 3.10. The molecule has 0 aliphatic rings. The van der Waals surface area contributed by atoms with Gasteiger partial charge in [-0.3, -0.25) is 0 Å². The summed E-state index contributed by atoms with van der Waals surface area (Å²) in [4.78, 5) is 0. The predicted octanol–water partition coefficient (Wildman–Crippen LogP) is 2.55. The second kappa shape index (κ2) is 4.14. The van der Waals surface area contributed by atoms with Crippen LogP contribution >= 0.6 is 11.6 Å². The summed E-state index contributed by atoms with van der Waals surface area (Å²) < 4.78 is 4.98. The van der Waals surface area contributed by atoms with Crippen molar-refractivity contribution in [3.8, 4) is 5.75 Å². The lowest BCUT2D eigenvalue weighted by Gasteiger charge is -2.04. The third-order valence-corrected chi connectivity index (χ3v) is 2.01. The standard InChI is InChI=1S/C9H10ClNO2/c1-6(11-12)7-3-4-9(13-2)8(10)5-7/h3-5,12H,1-2H3/b11-6-. The van der Waals surface area contributed by atoms with Gasteiger partial charge in [-0.2, -0.15) is 0 Å². The van der Waals surface area contributed by atoms with Crippen molar-refractivity contribution in [1.82, 2.24) is 0 Å². The number of rotatable bonds is 2. The van der Waals surface area contributed by atoms with E-state index in [2.05, 4.69) is 5.16 Å². The van der Waals surface area contributed by atoms with E-state index in [4.69, 9.17) is 21.5 Å². The molecule has 1 aromatic rings. The fraction of sp³-hybridized carbons (Fsp3) is 0.222. The first kappa shape index (κ1) is 9.86. The number of halogens is 1. The number of hydrogen-bond donors (Lipinski definition) is 1. The fourth-order valence-electron chi connectivity index (χ4n) is 0.949. The Morgan fingerprint density at radius 2 is 2.23 bits per heavy atom. The summed E-state index contributed by atoms with van der Waals surface area (Å²) in [5.74, 6) is 0.608. The minimum atomic E-state index is 0.503. The van der Waals surface area contributed by atoms with Crippen molar-refractivity contribution >= 4 is 17.3 Å². The Morgan fingerprint density at radius 1 is 1.54 bits per heavy atom. The second-order valence-electron chi connectivity index (χ2n) is 2.53. The molecular weight excluding hydrogens is 190 g/mol. The molecule has 70 valence electrons. The number of nitrogens with zero attached hydrogens (tertiary/aromatic N) is 1. The highest BCUT2D eigenvalue weighted by atomic mass is 35.5. The average Bonchev–Trinajstić information content (AvgIpc) is 2.16. The van der Waals surface area contributed by atoms with Crippen LogP contribution in [0.5, 0.6) is 5.75 Å². The first-order chi connectivity index (χ1) is 6.19.